The van der Waals surface area contributed by atoms with Crippen LogP contribution in [0.2, 0.25) is 10.0 Å². The van der Waals surface area contributed by atoms with Crippen molar-refractivity contribution in [2.75, 3.05) is 6.54 Å². The zero-order valence-electron chi connectivity index (χ0n) is 11.6. The SMILES string of the molecule is CCCNCc1cc(Cl)cc(Cl)c1OCc1ccc(Br)s1. The molecule has 1 heterocycles. The number of ether oxygens (including phenoxy) is 1. The second kappa shape index (κ2) is 8.39. The predicted molar refractivity (Wildman–Crippen MR) is 94.8 cm³/mol. The highest BCUT2D eigenvalue weighted by Crippen LogP contribution is 2.34. The second-order valence-electron chi connectivity index (χ2n) is 4.55. The van der Waals surface area contributed by atoms with E-state index in [0.29, 0.717) is 28.9 Å². The third kappa shape index (κ3) is 5.15. The number of nitrogens with one attached hydrogen (secondary N) is 1. The van der Waals surface area contributed by atoms with Crippen molar-refractivity contribution in [1.29, 1.82) is 0 Å². The van der Waals surface area contributed by atoms with Gasteiger partial charge in [-0.1, -0.05) is 30.1 Å². The lowest BCUT2D eigenvalue weighted by Crippen LogP contribution is -2.14. The highest BCUT2D eigenvalue weighted by molar-refractivity contribution is 9.11. The summed E-state index contributed by atoms with van der Waals surface area (Å²) in [6.07, 6.45) is 1.08. The van der Waals surface area contributed by atoms with Gasteiger partial charge in [0, 0.05) is 22.0 Å². The summed E-state index contributed by atoms with van der Waals surface area (Å²) >= 11 is 17.5. The van der Waals surface area contributed by atoms with Crippen molar-refractivity contribution >= 4 is 50.5 Å². The van der Waals surface area contributed by atoms with E-state index in [4.69, 9.17) is 27.9 Å². The molecular formula is C15H16BrCl2NOS. The van der Waals surface area contributed by atoms with Crippen LogP contribution in [0.3, 0.4) is 0 Å². The van der Waals surface area contributed by atoms with Crippen molar-refractivity contribution < 1.29 is 4.74 Å². The molecule has 0 fully saturated rings. The molecule has 0 radical (unpaired) electrons. The fourth-order valence-electron chi connectivity index (χ4n) is 1.88. The first-order valence-electron chi connectivity index (χ1n) is 6.65. The van der Waals surface area contributed by atoms with Crippen LogP contribution in [-0.4, -0.2) is 6.54 Å². The van der Waals surface area contributed by atoms with Crippen LogP contribution in [0.15, 0.2) is 28.1 Å². The molecule has 0 saturated carbocycles. The third-order valence-corrected chi connectivity index (χ3v) is 4.91. The maximum Gasteiger partial charge on any atom is 0.143 e. The Labute approximate surface area is 147 Å². The molecule has 0 unspecified atom stereocenters. The molecule has 1 aromatic carbocycles. The molecule has 0 aliphatic rings. The lowest BCUT2D eigenvalue weighted by molar-refractivity contribution is 0.306. The van der Waals surface area contributed by atoms with Gasteiger partial charge >= 0.3 is 0 Å². The molecule has 2 nitrogen and oxygen atoms in total. The minimum Gasteiger partial charge on any atom is -0.486 e. The molecule has 0 saturated heterocycles. The number of rotatable bonds is 7. The zero-order valence-corrected chi connectivity index (χ0v) is 15.5. The van der Waals surface area contributed by atoms with Crippen LogP contribution in [0.1, 0.15) is 23.8 Å². The standard InChI is InChI=1S/C15H16BrCl2NOS/c1-2-5-19-8-10-6-11(17)7-13(18)15(10)20-9-12-3-4-14(16)21-12/h3-4,6-7,19H,2,5,8-9H2,1H3. The summed E-state index contributed by atoms with van der Waals surface area (Å²) in [5.74, 6) is 0.703. The lowest BCUT2D eigenvalue weighted by Gasteiger charge is -2.14. The minimum absolute atomic E-state index is 0.498. The number of halogens is 3. The molecule has 0 aliphatic carbocycles. The molecule has 6 heteroatoms. The molecule has 1 N–H and O–H groups in total. The van der Waals surface area contributed by atoms with E-state index >= 15 is 0 Å². The van der Waals surface area contributed by atoms with Gasteiger partial charge in [0.25, 0.3) is 0 Å². The van der Waals surface area contributed by atoms with Gasteiger partial charge in [-0.05, 0) is 53.2 Å². The van der Waals surface area contributed by atoms with E-state index in [2.05, 4.69) is 28.2 Å². The Kier molecular flexibility index (Phi) is 6.83. The van der Waals surface area contributed by atoms with E-state index in [1.807, 2.05) is 18.2 Å². The summed E-state index contributed by atoms with van der Waals surface area (Å²) in [6, 6.07) is 7.66. The Morgan fingerprint density at radius 1 is 1.29 bits per heavy atom. The number of hydrogen-bond acceptors (Lipinski definition) is 3. The van der Waals surface area contributed by atoms with Gasteiger partial charge in [0.05, 0.1) is 8.81 Å². The van der Waals surface area contributed by atoms with Crippen molar-refractivity contribution in [3.8, 4) is 5.75 Å². The molecule has 0 atom stereocenters. The van der Waals surface area contributed by atoms with E-state index in [9.17, 15) is 0 Å². The van der Waals surface area contributed by atoms with Gasteiger partial charge in [0.2, 0.25) is 0 Å². The summed E-state index contributed by atoms with van der Waals surface area (Å²) < 4.78 is 7.00. The van der Waals surface area contributed by atoms with E-state index in [-0.39, 0.29) is 0 Å². The van der Waals surface area contributed by atoms with Crippen molar-refractivity contribution in [3.63, 3.8) is 0 Å². The monoisotopic (exact) mass is 407 g/mol. The second-order valence-corrected chi connectivity index (χ2v) is 7.94. The topological polar surface area (TPSA) is 21.3 Å². The average molecular weight is 409 g/mol. The Morgan fingerprint density at radius 2 is 2.10 bits per heavy atom. The Bertz CT molecular complexity index is 603. The van der Waals surface area contributed by atoms with E-state index in [0.717, 1.165) is 27.2 Å². The Balaban J connectivity index is 2.12. The molecule has 2 aromatic rings. The highest BCUT2D eigenvalue weighted by Gasteiger charge is 2.11. The molecule has 0 amide bonds. The molecule has 21 heavy (non-hydrogen) atoms. The Hall–Kier alpha value is -0.260. The first kappa shape index (κ1) is 17.1. The third-order valence-electron chi connectivity index (χ3n) is 2.82. The van der Waals surface area contributed by atoms with Crippen LogP contribution in [-0.2, 0) is 13.2 Å². The number of hydrogen-bond donors (Lipinski definition) is 1. The fraction of sp³-hybridized carbons (Fsp3) is 0.333. The molecule has 0 spiro atoms. The zero-order chi connectivity index (χ0) is 15.2. The molecule has 0 aliphatic heterocycles. The van der Waals surface area contributed by atoms with Crippen molar-refractivity contribution in [3.05, 3.63) is 48.5 Å². The van der Waals surface area contributed by atoms with Crippen molar-refractivity contribution in [2.24, 2.45) is 0 Å². The summed E-state index contributed by atoms with van der Waals surface area (Å²) in [6.45, 7) is 4.27. The van der Waals surface area contributed by atoms with Gasteiger partial charge in [-0.15, -0.1) is 11.3 Å². The summed E-state index contributed by atoms with van der Waals surface area (Å²) in [5, 5.41) is 4.52. The largest absolute Gasteiger partial charge is 0.486 e. The first-order chi connectivity index (χ1) is 10.1. The molecule has 114 valence electrons. The van der Waals surface area contributed by atoms with Crippen LogP contribution in [0.25, 0.3) is 0 Å². The summed E-state index contributed by atoms with van der Waals surface area (Å²) in [7, 11) is 0. The molecular weight excluding hydrogens is 393 g/mol. The lowest BCUT2D eigenvalue weighted by atomic mass is 10.2. The van der Waals surface area contributed by atoms with Crippen molar-refractivity contribution in [1.82, 2.24) is 5.32 Å². The van der Waals surface area contributed by atoms with Crippen LogP contribution in [0.4, 0.5) is 0 Å². The quantitative estimate of drug-likeness (QED) is 0.576. The predicted octanol–water partition coefficient (Wildman–Crippen LogP) is 5.90. The summed E-state index contributed by atoms with van der Waals surface area (Å²) in [4.78, 5) is 1.14. The van der Waals surface area contributed by atoms with E-state index in [1.54, 1.807) is 17.4 Å². The van der Waals surface area contributed by atoms with Gasteiger partial charge < -0.3 is 10.1 Å². The van der Waals surface area contributed by atoms with Gasteiger partial charge in [0.1, 0.15) is 12.4 Å². The first-order valence-corrected chi connectivity index (χ1v) is 9.02. The molecule has 2 rings (SSSR count). The normalized spacial score (nSPS) is 10.9. The maximum atomic E-state index is 6.28. The molecule has 1 aromatic heterocycles. The van der Waals surface area contributed by atoms with Crippen LogP contribution in [0.5, 0.6) is 5.75 Å². The summed E-state index contributed by atoms with van der Waals surface area (Å²) in [5.41, 5.74) is 0.983. The number of thiophene rings is 1. The van der Waals surface area contributed by atoms with Crippen LogP contribution >= 0.6 is 50.5 Å². The Morgan fingerprint density at radius 3 is 2.76 bits per heavy atom. The molecule has 0 bridgehead atoms. The smallest absolute Gasteiger partial charge is 0.143 e. The van der Waals surface area contributed by atoms with Crippen LogP contribution in [0, 0.1) is 0 Å². The minimum atomic E-state index is 0.498. The van der Waals surface area contributed by atoms with Gasteiger partial charge in [-0.2, -0.15) is 0 Å². The van der Waals surface area contributed by atoms with Gasteiger partial charge in [-0.3, -0.25) is 0 Å². The van der Waals surface area contributed by atoms with Crippen molar-refractivity contribution in [2.45, 2.75) is 26.5 Å². The fourth-order valence-corrected chi connectivity index (χ4v) is 3.87. The van der Waals surface area contributed by atoms with E-state index < -0.39 is 0 Å². The van der Waals surface area contributed by atoms with Gasteiger partial charge in [0.15, 0.2) is 0 Å². The number of benzene rings is 1. The average Bonchev–Trinajstić information content (AvgIpc) is 2.83. The highest BCUT2D eigenvalue weighted by atomic mass is 79.9. The maximum absolute atomic E-state index is 6.28. The van der Waals surface area contributed by atoms with Gasteiger partial charge in [-0.25, -0.2) is 0 Å². The van der Waals surface area contributed by atoms with Crippen LogP contribution < -0.4 is 10.1 Å². The van der Waals surface area contributed by atoms with E-state index in [1.165, 1.54) is 0 Å².